The van der Waals surface area contributed by atoms with Crippen molar-refractivity contribution in [2.24, 2.45) is 0 Å². The van der Waals surface area contributed by atoms with Crippen LogP contribution < -0.4 is 5.32 Å². The first-order chi connectivity index (χ1) is 14.2. The van der Waals surface area contributed by atoms with Crippen molar-refractivity contribution >= 4 is 25.8 Å². The molecule has 0 saturated heterocycles. The number of nitro groups is 1. The summed E-state index contributed by atoms with van der Waals surface area (Å²) in [6, 6.07) is 0.186. The van der Waals surface area contributed by atoms with Gasteiger partial charge in [0.15, 0.2) is 8.32 Å². The number of carbonyl (C=O) groups is 1. The number of pyridine rings is 1. The Hall–Kier alpha value is -2.47. The average molecular weight is 478 g/mol. The predicted molar refractivity (Wildman–Crippen MR) is 117 cm³/mol. The molecule has 1 atom stereocenters. The van der Waals surface area contributed by atoms with Crippen LogP contribution in [-0.2, 0) is 10.6 Å². The first-order valence-corrected chi connectivity index (χ1v) is 12.7. The molecule has 0 bridgehead atoms. The summed E-state index contributed by atoms with van der Waals surface area (Å²) in [5.41, 5.74) is -4.81. The zero-order chi connectivity index (χ0) is 25.3. The second kappa shape index (κ2) is 9.18. The highest BCUT2D eigenvalue weighted by Crippen LogP contribution is 2.40. The van der Waals surface area contributed by atoms with E-state index < -0.39 is 59.8 Å². The van der Waals surface area contributed by atoms with E-state index in [2.05, 4.69) is 16.9 Å². The van der Waals surface area contributed by atoms with Gasteiger partial charge in [0.2, 0.25) is 5.69 Å². The second-order valence-corrected chi connectivity index (χ2v) is 14.4. The Morgan fingerprint density at radius 2 is 1.88 bits per heavy atom. The lowest BCUT2D eigenvalue weighted by Crippen LogP contribution is -2.46. The van der Waals surface area contributed by atoms with E-state index >= 15 is 0 Å². The van der Waals surface area contributed by atoms with Crippen molar-refractivity contribution in [2.45, 2.75) is 77.0 Å². The van der Waals surface area contributed by atoms with Crippen molar-refractivity contribution < 1.29 is 32.4 Å². The van der Waals surface area contributed by atoms with Gasteiger partial charge in [-0.1, -0.05) is 26.8 Å². The first kappa shape index (κ1) is 27.6. The number of rotatable bonds is 9. The van der Waals surface area contributed by atoms with E-state index in [-0.39, 0.29) is 17.5 Å². The van der Waals surface area contributed by atoms with Crippen molar-refractivity contribution in [1.82, 2.24) is 4.98 Å². The number of nitrogens with zero attached hydrogens (tertiary/aromatic N) is 2. The highest BCUT2D eigenvalue weighted by atomic mass is 28.4. The van der Waals surface area contributed by atoms with Crippen LogP contribution in [0.25, 0.3) is 0 Å². The largest absolute Gasteiger partial charge is 0.476 e. The molecule has 0 aliphatic heterocycles. The summed E-state index contributed by atoms with van der Waals surface area (Å²) in [7, 11) is -2.21. The zero-order valence-electron chi connectivity index (χ0n) is 19.3. The number of hydrogen-bond donors (Lipinski definition) is 2. The normalized spacial score (nSPS) is 14.1. The lowest BCUT2D eigenvalue weighted by Gasteiger charge is -2.40. The van der Waals surface area contributed by atoms with Crippen LogP contribution in [0.1, 0.15) is 57.1 Å². The highest BCUT2D eigenvalue weighted by Gasteiger charge is 2.42. The van der Waals surface area contributed by atoms with Crippen LogP contribution in [0.15, 0.2) is 18.7 Å². The van der Waals surface area contributed by atoms with E-state index in [1.807, 2.05) is 33.9 Å². The van der Waals surface area contributed by atoms with Crippen molar-refractivity contribution in [2.75, 3.05) is 5.32 Å². The molecule has 32 heavy (non-hydrogen) atoms. The minimum absolute atomic E-state index is 0.106. The number of anilines is 1. The van der Waals surface area contributed by atoms with Crippen LogP contribution in [0, 0.1) is 10.1 Å². The van der Waals surface area contributed by atoms with Crippen LogP contribution in [0.2, 0.25) is 18.1 Å². The number of hydrogen-bond acceptors (Lipinski definition) is 6. The standard InChI is InChI=1S/C20H30F3N3O5Si/c1-9-12(31-32(7,8)18(2,3)4)11-19(5,6)25-16-13(20(21,22)23)10-14(26(29)30)15(24-16)17(27)28/h9-10,12H,1,11H2,2-8H3,(H,24,25)(H,27,28). The SMILES string of the molecule is C=CC(CC(C)(C)Nc1nc(C(=O)O)c([N+](=O)[O-])cc1C(F)(F)F)O[Si](C)(C)C(C)(C)C. The Bertz CT molecular complexity index is 896. The minimum atomic E-state index is -5.00. The highest BCUT2D eigenvalue weighted by molar-refractivity contribution is 6.74. The number of halogens is 3. The summed E-state index contributed by atoms with van der Waals surface area (Å²) in [5, 5.41) is 22.8. The Kier molecular flexibility index (Phi) is 7.91. The summed E-state index contributed by atoms with van der Waals surface area (Å²) in [6.07, 6.45) is -3.73. The lowest BCUT2D eigenvalue weighted by molar-refractivity contribution is -0.385. The molecule has 8 nitrogen and oxygen atoms in total. The molecule has 2 N–H and O–H groups in total. The molecule has 0 fully saturated rings. The van der Waals surface area contributed by atoms with E-state index in [0.29, 0.717) is 0 Å². The molecule has 1 heterocycles. The maximum Gasteiger partial charge on any atom is 0.420 e. The molecule has 0 radical (unpaired) electrons. The summed E-state index contributed by atoms with van der Waals surface area (Å²) >= 11 is 0. The van der Waals surface area contributed by atoms with E-state index in [4.69, 9.17) is 4.43 Å². The average Bonchev–Trinajstić information content (AvgIpc) is 2.57. The van der Waals surface area contributed by atoms with Gasteiger partial charge in [0.25, 0.3) is 0 Å². The third kappa shape index (κ3) is 6.76. The monoisotopic (exact) mass is 477 g/mol. The summed E-state index contributed by atoms with van der Waals surface area (Å²) < 4.78 is 47.1. The summed E-state index contributed by atoms with van der Waals surface area (Å²) in [4.78, 5) is 24.7. The number of carboxylic acids is 1. The van der Waals surface area contributed by atoms with Gasteiger partial charge in [-0.25, -0.2) is 9.78 Å². The molecular formula is C20H30F3N3O5Si. The van der Waals surface area contributed by atoms with Gasteiger partial charge in [-0.05, 0) is 38.4 Å². The van der Waals surface area contributed by atoms with Gasteiger partial charge < -0.3 is 14.8 Å². The molecule has 0 amide bonds. The summed E-state index contributed by atoms with van der Waals surface area (Å²) in [6.45, 7) is 17.2. The Balaban J connectivity index is 3.38. The van der Waals surface area contributed by atoms with Crippen LogP contribution in [0.4, 0.5) is 24.7 Å². The van der Waals surface area contributed by atoms with Crippen LogP contribution in [0.3, 0.4) is 0 Å². The number of carboxylic acid groups (broad SMARTS) is 1. The number of nitrogens with one attached hydrogen (secondary N) is 1. The molecule has 0 aliphatic carbocycles. The van der Waals surface area contributed by atoms with E-state index in [1.54, 1.807) is 19.9 Å². The molecule has 0 aromatic carbocycles. The minimum Gasteiger partial charge on any atom is -0.476 e. The predicted octanol–water partition coefficient (Wildman–Crippen LogP) is 5.86. The van der Waals surface area contributed by atoms with Gasteiger partial charge in [-0.15, -0.1) is 6.58 Å². The van der Waals surface area contributed by atoms with Gasteiger partial charge in [-0.2, -0.15) is 13.2 Å². The fourth-order valence-corrected chi connectivity index (χ4v) is 4.00. The fourth-order valence-electron chi connectivity index (χ4n) is 2.71. The maximum absolute atomic E-state index is 13.6. The molecule has 1 aromatic heterocycles. The Morgan fingerprint density at radius 3 is 2.25 bits per heavy atom. The van der Waals surface area contributed by atoms with E-state index in [9.17, 15) is 33.2 Å². The van der Waals surface area contributed by atoms with Gasteiger partial charge in [0.05, 0.1) is 11.0 Å². The summed E-state index contributed by atoms with van der Waals surface area (Å²) in [5.74, 6) is -2.61. The molecule has 12 heteroatoms. The molecule has 0 saturated carbocycles. The van der Waals surface area contributed by atoms with Crippen LogP contribution in [-0.4, -0.2) is 40.9 Å². The molecule has 0 aliphatic rings. The molecule has 0 spiro atoms. The quantitative estimate of drug-likeness (QED) is 0.198. The van der Waals surface area contributed by atoms with Crippen molar-refractivity contribution in [1.29, 1.82) is 0 Å². The van der Waals surface area contributed by atoms with Gasteiger partial charge in [0.1, 0.15) is 11.4 Å². The smallest absolute Gasteiger partial charge is 0.420 e. The lowest BCUT2D eigenvalue weighted by atomic mass is 9.96. The van der Waals surface area contributed by atoms with E-state index in [1.165, 1.54) is 0 Å². The van der Waals surface area contributed by atoms with Gasteiger partial charge in [0, 0.05) is 11.6 Å². The number of aromatic nitrogens is 1. The van der Waals surface area contributed by atoms with Crippen molar-refractivity contribution in [3.05, 3.63) is 40.1 Å². The third-order valence-electron chi connectivity index (χ3n) is 5.39. The van der Waals surface area contributed by atoms with Gasteiger partial charge in [-0.3, -0.25) is 10.1 Å². The topological polar surface area (TPSA) is 115 Å². The molecule has 180 valence electrons. The first-order valence-electron chi connectivity index (χ1n) is 9.80. The fraction of sp³-hybridized carbons (Fsp3) is 0.600. The zero-order valence-corrected chi connectivity index (χ0v) is 20.3. The van der Waals surface area contributed by atoms with Gasteiger partial charge >= 0.3 is 17.8 Å². The maximum atomic E-state index is 13.6. The Labute approximate surface area is 186 Å². The van der Waals surface area contributed by atoms with Crippen LogP contribution in [0.5, 0.6) is 0 Å². The van der Waals surface area contributed by atoms with Crippen LogP contribution >= 0.6 is 0 Å². The van der Waals surface area contributed by atoms with E-state index in [0.717, 1.165) is 0 Å². The molecular weight excluding hydrogens is 447 g/mol. The molecule has 1 aromatic rings. The second-order valence-electron chi connectivity index (χ2n) is 9.68. The third-order valence-corrected chi connectivity index (χ3v) is 9.89. The number of alkyl halides is 3. The Morgan fingerprint density at radius 1 is 1.34 bits per heavy atom. The van der Waals surface area contributed by atoms with Crippen molar-refractivity contribution in [3.8, 4) is 0 Å². The van der Waals surface area contributed by atoms with Crippen molar-refractivity contribution in [3.63, 3.8) is 0 Å². The molecule has 1 rings (SSSR count). The molecule has 1 unspecified atom stereocenters. The number of aromatic carboxylic acids is 1.